The lowest BCUT2D eigenvalue weighted by Crippen LogP contribution is -2.24. The van der Waals surface area contributed by atoms with E-state index in [0.717, 1.165) is 46.3 Å². The van der Waals surface area contributed by atoms with E-state index < -0.39 is 5.97 Å². The lowest BCUT2D eigenvalue weighted by Gasteiger charge is -2.28. The van der Waals surface area contributed by atoms with E-state index in [9.17, 15) is 9.18 Å². The second-order valence-corrected chi connectivity index (χ2v) is 8.74. The lowest BCUT2D eigenvalue weighted by molar-refractivity contribution is -0.133. The summed E-state index contributed by atoms with van der Waals surface area (Å²) in [5.41, 5.74) is 3.00. The quantitative estimate of drug-likeness (QED) is 0.644. The molecule has 2 aromatic carbocycles. The summed E-state index contributed by atoms with van der Waals surface area (Å²) < 4.78 is 19.0. The zero-order valence-corrected chi connectivity index (χ0v) is 17.6. The summed E-state index contributed by atoms with van der Waals surface area (Å²) in [5.74, 6) is 1.85. The molecule has 2 aromatic rings. The van der Waals surface area contributed by atoms with Crippen molar-refractivity contribution >= 4 is 40.9 Å². The Bertz CT molecular complexity index is 829. The normalized spacial score (nSPS) is 16.4. The second-order valence-electron chi connectivity index (χ2n) is 6.69. The lowest BCUT2D eigenvalue weighted by atomic mass is 10.1. The van der Waals surface area contributed by atoms with E-state index in [1.807, 2.05) is 30.0 Å². The number of rotatable bonds is 7. The third-order valence-electron chi connectivity index (χ3n) is 4.77. The first-order valence-corrected chi connectivity index (χ1v) is 11.3. The fraction of sp³-hybridized carbons (Fsp3) is 0.381. The van der Waals surface area contributed by atoms with Gasteiger partial charge in [-0.15, -0.1) is 23.5 Å². The molecule has 1 unspecified atom stereocenters. The van der Waals surface area contributed by atoms with Crippen molar-refractivity contribution in [1.82, 2.24) is 0 Å². The number of ether oxygens (including phenoxy) is 1. The van der Waals surface area contributed by atoms with E-state index in [4.69, 9.17) is 9.84 Å². The second kappa shape index (κ2) is 9.56. The predicted molar refractivity (Wildman–Crippen MR) is 115 cm³/mol. The minimum atomic E-state index is -0.818. The van der Waals surface area contributed by atoms with E-state index in [1.165, 1.54) is 23.9 Å². The van der Waals surface area contributed by atoms with Crippen LogP contribution in [0.4, 0.5) is 15.8 Å². The number of carboxylic acid groups (broad SMARTS) is 1. The highest BCUT2D eigenvalue weighted by molar-refractivity contribution is 7.99. The molecule has 4 nitrogen and oxygen atoms in total. The Hall–Kier alpha value is -1.86. The van der Waals surface area contributed by atoms with Crippen molar-refractivity contribution in [2.24, 2.45) is 5.92 Å². The maximum atomic E-state index is 13.4. The summed E-state index contributed by atoms with van der Waals surface area (Å²) in [6.07, 6.45) is 1.07. The molecular formula is C21H24FNO3S2. The molecule has 1 atom stereocenters. The van der Waals surface area contributed by atoms with E-state index in [-0.39, 0.29) is 11.6 Å². The number of anilines is 2. The van der Waals surface area contributed by atoms with Gasteiger partial charge in [0.2, 0.25) is 0 Å². The number of nitrogens with zero attached hydrogens (tertiary/aromatic N) is 1. The van der Waals surface area contributed by atoms with Crippen LogP contribution < -0.4 is 9.64 Å². The summed E-state index contributed by atoms with van der Waals surface area (Å²) in [6, 6.07) is 10.7. The average molecular weight is 422 g/mol. The fourth-order valence-electron chi connectivity index (χ4n) is 3.20. The van der Waals surface area contributed by atoms with Gasteiger partial charge in [-0.1, -0.05) is 13.3 Å². The molecular weight excluding hydrogens is 397 g/mol. The van der Waals surface area contributed by atoms with Gasteiger partial charge >= 0.3 is 5.97 Å². The van der Waals surface area contributed by atoms with Gasteiger partial charge in [0, 0.05) is 40.3 Å². The standard InChI is InChI=1S/C21H24FNO3S2/c1-3-14-10-23(17-6-4-16(22)5-7-17)18-9-19(26-2)15(8-20(18)28-11-14)12-27-13-21(24)25/h4-9,14H,3,10-13H2,1-2H3,(H,24,25). The SMILES string of the molecule is CCC1CSc2cc(CSCC(=O)O)c(OC)cc2N(c2ccc(F)cc2)C1. The number of fused-ring (bicyclic) bond motifs is 1. The molecule has 0 bridgehead atoms. The highest BCUT2D eigenvalue weighted by Crippen LogP contribution is 2.44. The van der Waals surface area contributed by atoms with Gasteiger partial charge in [-0.2, -0.15) is 0 Å². The summed E-state index contributed by atoms with van der Waals surface area (Å²) in [4.78, 5) is 14.2. The van der Waals surface area contributed by atoms with Gasteiger partial charge in [-0.25, -0.2) is 4.39 Å². The summed E-state index contributed by atoms with van der Waals surface area (Å²) in [6.45, 7) is 3.05. The summed E-state index contributed by atoms with van der Waals surface area (Å²) >= 11 is 3.18. The van der Waals surface area contributed by atoms with E-state index >= 15 is 0 Å². The third kappa shape index (κ3) is 4.94. The van der Waals surface area contributed by atoms with E-state index in [0.29, 0.717) is 11.7 Å². The third-order valence-corrected chi connectivity index (χ3v) is 7.01. The van der Waals surface area contributed by atoms with Crippen LogP contribution in [0.5, 0.6) is 5.75 Å². The molecule has 1 aliphatic rings. The molecule has 0 saturated heterocycles. The highest BCUT2D eigenvalue weighted by Gasteiger charge is 2.25. The monoisotopic (exact) mass is 421 g/mol. The number of methoxy groups -OCH3 is 1. The highest BCUT2D eigenvalue weighted by atomic mass is 32.2. The molecule has 1 heterocycles. The number of hydrogen-bond donors (Lipinski definition) is 1. The van der Waals surface area contributed by atoms with Crippen molar-refractivity contribution < 1.29 is 19.0 Å². The van der Waals surface area contributed by atoms with Crippen molar-refractivity contribution in [2.75, 3.05) is 30.1 Å². The maximum Gasteiger partial charge on any atom is 0.313 e. The number of benzene rings is 2. The van der Waals surface area contributed by atoms with Crippen LogP contribution in [0.15, 0.2) is 41.3 Å². The van der Waals surface area contributed by atoms with Crippen LogP contribution in [0.3, 0.4) is 0 Å². The van der Waals surface area contributed by atoms with Crippen LogP contribution in [0.1, 0.15) is 18.9 Å². The van der Waals surface area contributed by atoms with Crippen LogP contribution >= 0.6 is 23.5 Å². The molecule has 3 rings (SSSR count). The van der Waals surface area contributed by atoms with E-state index in [1.54, 1.807) is 7.11 Å². The van der Waals surface area contributed by atoms with Crippen LogP contribution in [0.2, 0.25) is 0 Å². The maximum absolute atomic E-state index is 13.4. The van der Waals surface area contributed by atoms with Gasteiger partial charge in [-0.05, 0) is 36.2 Å². The van der Waals surface area contributed by atoms with Gasteiger partial charge in [0.05, 0.1) is 18.6 Å². The molecule has 28 heavy (non-hydrogen) atoms. The summed E-state index contributed by atoms with van der Waals surface area (Å²) in [5, 5.41) is 8.89. The molecule has 1 N–H and O–H groups in total. The number of carboxylic acids is 1. The smallest absolute Gasteiger partial charge is 0.313 e. The number of halogens is 1. The number of carbonyl (C=O) groups is 1. The minimum absolute atomic E-state index is 0.0625. The number of thioether (sulfide) groups is 2. The number of aliphatic carboxylic acids is 1. The fourth-order valence-corrected chi connectivity index (χ4v) is 5.22. The number of hydrogen-bond acceptors (Lipinski definition) is 5. The Labute approximate surface area is 173 Å². The molecule has 0 radical (unpaired) electrons. The largest absolute Gasteiger partial charge is 0.496 e. The van der Waals surface area contributed by atoms with Crippen molar-refractivity contribution in [1.29, 1.82) is 0 Å². The molecule has 0 amide bonds. The molecule has 0 aliphatic carbocycles. The summed E-state index contributed by atoms with van der Waals surface area (Å²) in [7, 11) is 1.63. The van der Waals surface area contributed by atoms with Gasteiger partial charge in [-0.3, -0.25) is 4.79 Å². The molecule has 7 heteroatoms. The average Bonchev–Trinajstić information content (AvgIpc) is 2.87. The zero-order valence-electron chi connectivity index (χ0n) is 16.0. The van der Waals surface area contributed by atoms with Gasteiger partial charge < -0.3 is 14.7 Å². The molecule has 0 spiro atoms. The molecule has 0 fully saturated rings. The Balaban J connectivity index is 1.99. The minimum Gasteiger partial charge on any atom is -0.496 e. The van der Waals surface area contributed by atoms with Crippen LogP contribution in [0.25, 0.3) is 0 Å². The first-order valence-electron chi connectivity index (χ1n) is 9.18. The van der Waals surface area contributed by atoms with Crippen molar-refractivity contribution in [3.63, 3.8) is 0 Å². The molecule has 150 valence electrons. The van der Waals surface area contributed by atoms with Gasteiger partial charge in [0.25, 0.3) is 0 Å². The van der Waals surface area contributed by atoms with Gasteiger partial charge in [0.15, 0.2) is 0 Å². The van der Waals surface area contributed by atoms with E-state index in [2.05, 4.69) is 17.9 Å². The van der Waals surface area contributed by atoms with Crippen LogP contribution in [0, 0.1) is 11.7 Å². The van der Waals surface area contributed by atoms with Gasteiger partial charge in [0.1, 0.15) is 11.6 Å². The first kappa shape index (κ1) is 20.9. The Morgan fingerprint density at radius 3 is 2.75 bits per heavy atom. The predicted octanol–water partition coefficient (Wildman–Crippen LogP) is 5.42. The van der Waals surface area contributed by atoms with Crippen LogP contribution in [-0.2, 0) is 10.5 Å². The van der Waals surface area contributed by atoms with Crippen molar-refractivity contribution in [3.8, 4) is 5.75 Å². The van der Waals surface area contributed by atoms with Crippen molar-refractivity contribution in [3.05, 3.63) is 47.8 Å². The zero-order chi connectivity index (χ0) is 20.1. The Kier molecular flexibility index (Phi) is 7.13. The van der Waals surface area contributed by atoms with Crippen molar-refractivity contribution in [2.45, 2.75) is 24.0 Å². The molecule has 1 aliphatic heterocycles. The molecule has 0 saturated carbocycles. The van der Waals surface area contributed by atoms with Crippen LogP contribution in [-0.4, -0.2) is 36.2 Å². The Morgan fingerprint density at radius 1 is 1.36 bits per heavy atom. The molecule has 0 aromatic heterocycles. The topological polar surface area (TPSA) is 49.8 Å². The Morgan fingerprint density at radius 2 is 2.11 bits per heavy atom. The first-order chi connectivity index (χ1) is 13.5.